The number of anilines is 1. The molecule has 1 saturated heterocycles. The summed E-state index contributed by atoms with van der Waals surface area (Å²) in [6, 6.07) is 12.8. The van der Waals surface area contributed by atoms with E-state index in [9.17, 15) is 22.8 Å². The molecule has 7 nitrogen and oxygen atoms in total. The lowest BCUT2D eigenvalue weighted by atomic mass is 9.98. The zero-order valence-electron chi connectivity index (χ0n) is 24.1. The number of Topliss-reactive ketones (excluding diaryl/α,β-unsaturated/α-hetero) is 1. The van der Waals surface area contributed by atoms with E-state index in [0.717, 1.165) is 40.3 Å². The SMILES string of the molecule is Cc1cc2cc(CC(=O)c3cc(NC(=O)c4ccc(CN5CCC(N(C)C)C5)c(C(F)(F)F)c4)ccc3C)cnc2[nH]1. The van der Waals surface area contributed by atoms with Crippen molar-refractivity contribution in [3.05, 3.63) is 93.8 Å². The van der Waals surface area contributed by atoms with Crippen molar-refractivity contribution in [3.63, 3.8) is 0 Å². The molecule has 1 fully saturated rings. The van der Waals surface area contributed by atoms with Crippen molar-refractivity contribution in [2.45, 2.75) is 45.5 Å². The Bertz CT molecular complexity index is 1640. The van der Waals surface area contributed by atoms with Crippen LogP contribution >= 0.6 is 0 Å². The Balaban J connectivity index is 1.31. The maximum absolute atomic E-state index is 14.0. The summed E-state index contributed by atoms with van der Waals surface area (Å²) in [7, 11) is 3.94. The highest BCUT2D eigenvalue weighted by Crippen LogP contribution is 2.34. The second kappa shape index (κ2) is 11.7. The Hall–Kier alpha value is -4.02. The van der Waals surface area contributed by atoms with Gasteiger partial charge in [0.05, 0.1) is 5.56 Å². The molecule has 1 atom stereocenters. The summed E-state index contributed by atoms with van der Waals surface area (Å²) < 4.78 is 42.1. The molecular weight excluding hydrogens is 543 g/mol. The summed E-state index contributed by atoms with van der Waals surface area (Å²) in [5, 5.41) is 3.58. The van der Waals surface area contributed by atoms with Crippen LogP contribution in [-0.2, 0) is 19.1 Å². The molecule has 220 valence electrons. The van der Waals surface area contributed by atoms with Crippen molar-refractivity contribution in [1.29, 1.82) is 0 Å². The monoisotopic (exact) mass is 577 g/mol. The predicted octanol–water partition coefficient (Wildman–Crippen LogP) is 6.01. The molecule has 2 N–H and O–H groups in total. The molecule has 0 aliphatic carbocycles. The lowest BCUT2D eigenvalue weighted by molar-refractivity contribution is -0.138. The third-order valence-electron chi connectivity index (χ3n) is 7.87. The van der Waals surface area contributed by atoms with Gasteiger partial charge in [0.2, 0.25) is 0 Å². The van der Waals surface area contributed by atoms with Gasteiger partial charge < -0.3 is 15.2 Å². The zero-order chi connectivity index (χ0) is 30.2. The fourth-order valence-electron chi connectivity index (χ4n) is 5.52. The first-order chi connectivity index (χ1) is 19.9. The number of amides is 1. The number of carbonyl (C=O) groups is 2. The van der Waals surface area contributed by atoms with Gasteiger partial charge in [0.25, 0.3) is 5.91 Å². The first-order valence-corrected chi connectivity index (χ1v) is 13.9. The van der Waals surface area contributed by atoms with Crippen molar-refractivity contribution in [2.75, 3.05) is 32.5 Å². The van der Waals surface area contributed by atoms with E-state index in [1.165, 1.54) is 12.1 Å². The molecule has 0 radical (unpaired) electrons. The largest absolute Gasteiger partial charge is 0.416 e. The van der Waals surface area contributed by atoms with E-state index in [1.807, 2.05) is 38.1 Å². The number of pyridine rings is 1. The minimum absolute atomic E-state index is 0.103. The van der Waals surface area contributed by atoms with Crippen molar-refractivity contribution < 1.29 is 22.8 Å². The molecule has 2 aromatic heterocycles. The minimum Gasteiger partial charge on any atom is -0.344 e. The number of ketones is 1. The van der Waals surface area contributed by atoms with Crippen LogP contribution in [0.15, 0.2) is 54.7 Å². The molecule has 1 aliphatic rings. The molecular formula is C32H34F3N5O2. The van der Waals surface area contributed by atoms with E-state index in [1.54, 1.807) is 31.3 Å². The summed E-state index contributed by atoms with van der Waals surface area (Å²) in [6.45, 7) is 5.30. The van der Waals surface area contributed by atoms with Crippen LogP contribution in [0.3, 0.4) is 0 Å². The minimum atomic E-state index is -4.60. The molecule has 4 aromatic rings. The first-order valence-electron chi connectivity index (χ1n) is 13.9. The number of aromatic amines is 1. The third kappa shape index (κ3) is 6.55. The number of hydrogen-bond acceptors (Lipinski definition) is 5. The number of H-pyrrole nitrogens is 1. The summed E-state index contributed by atoms with van der Waals surface area (Å²) in [6.07, 6.45) is -1.93. The number of rotatable bonds is 8. The third-order valence-corrected chi connectivity index (χ3v) is 7.87. The number of carbonyl (C=O) groups excluding carboxylic acids is 2. The zero-order valence-corrected chi connectivity index (χ0v) is 24.1. The number of aryl methyl sites for hydroxylation is 2. The van der Waals surface area contributed by atoms with Crippen molar-refractivity contribution >= 4 is 28.4 Å². The van der Waals surface area contributed by atoms with Crippen LogP contribution in [-0.4, -0.2) is 64.7 Å². The van der Waals surface area contributed by atoms with Crippen LogP contribution in [0.25, 0.3) is 11.0 Å². The smallest absolute Gasteiger partial charge is 0.344 e. The Labute approximate surface area is 242 Å². The molecule has 1 aliphatic heterocycles. The van der Waals surface area contributed by atoms with E-state index in [4.69, 9.17) is 0 Å². The molecule has 1 amide bonds. The maximum Gasteiger partial charge on any atom is 0.416 e. The Morgan fingerprint density at radius 3 is 2.60 bits per heavy atom. The van der Waals surface area contributed by atoms with Crippen molar-refractivity contribution in [1.82, 2.24) is 19.8 Å². The van der Waals surface area contributed by atoms with Gasteiger partial charge in [-0.05, 0) is 87.5 Å². The van der Waals surface area contributed by atoms with Gasteiger partial charge in [-0.2, -0.15) is 13.2 Å². The van der Waals surface area contributed by atoms with Gasteiger partial charge in [-0.15, -0.1) is 0 Å². The summed E-state index contributed by atoms with van der Waals surface area (Å²) in [4.78, 5) is 37.9. The number of benzene rings is 2. The van der Waals surface area contributed by atoms with E-state index < -0.39 is 17.6 Å². The second-order valence-corrected chi connectivity index (χ2v) is 11.3. The van der Waals surface area contributed by atoms with Crippen molar-refractivity contribution in [2.24, 2.45) is 0 Å². The second-order valence-electron chi connectivity index (χ2n) is 11.3. The molecule has 10 heteroatoms. The number of hydrogen-bond donors (Lipinski definition) is 2. The topological polar surface area (TPSA) is 81.3 Å². The molecule has 3 heterocycles. The Morgan fingerprint density at radius 2 is 1.88 bits per heavy atom. The van der Waals surface area contributed by atoms with Gasteiger partial charge in [-0.3, -0.25) is 14.5 Å². The average Bonchev–Trinajstić information content (AvgIpc) is 3.54. The molecule has 5 rings (SSSR count). The lowest BCUT2D eigenvalue weighted by Gasteiger charge is -2.22. The van der Waals surface area contributed by atoms with Crippen LogP contribution in [0.5, 0.6) is 0 Å². The summed E-state index contributed by atoms with van der Waals surface area (Å²) in [5.74, 6) is -0.834. The molecule has 1 unspecified atom stereocenters. The summed E-state index contributed by atoms with van der Waals surface area (Å²) >= 11 is 0. The number of nitrogens with one attached hydrogen (secondary N) is 2. The van der Waals surface area contributed by atoms with Crippen molar-refractivity contribution in [3.8, 4) is 0 Å². The number of likely N-dealkylation sites (tertiary alicyclic amines) is 1. The first kappa shape index (κ1) is 29.5. The number of fused-ring (bicyclic) bond motifs is 1. The van der Waals surface area contributed by atoms with E-state index in [0.29, 0.717) is 30.4 Å². The van der Waals surface area contributed by atoms with Gasteiger partial charge in [0.1, 0.15) is 5.65 Å². The number of halogens is 3. The fourth-order valence-corrected chi connectivity index (χ4v) is 5.52. The van der Waals surface area contributed by atoms with E-state index >= 15 is 0 Å². The van der Waals surface area contributed by atoms with Crippen LogP contribution in [0.4, 0.5) is 18.9 Å². The highest BCUT2D eigenvalue weighted by atomic mass is 19.4. The van der Waals surface area contributed by atoms with Gasteiger partial charge in [-0.1, -0.05) is 12.1 Å². The van der Waals surface area contributed by atoms with Crippen LogP contribution in [0, 0.1) is 13.8 Å². The molecule has 42 heavy (non-hydrogen) atoms. The highest BCUT2D eigenvalue weighted by Gasteiger charge is 2.35. The fraction of sp³-hybridized carbons (Fsp3) is 0.344. The van der Waals surface area contributed by atoms with Crippen LogP contribution in [0.1, 0.15) is 55.1 Å². The van der Waals surface area contributed by atoms with Crippen LogP contribution < -0.4 is 5.32 Å². The van der Waals surface area contributed by atoms with Gasteiger partial charge in [-0.25, -0.2) is 4.98 Å². The Morgan fingerprint density at radius 1 is 1.10 bits per heavy atom. The lowest BCUT2D eigenvalue weighted by Crippen LogP contribution is -2.31. The van der Waals surface area contributed by atoms with Gasteiger partial charge in [0.15, 0.2) is 5.78 Å². The van der Waals surface area contributed by atoms with Gasteiger partial charge >= 0.3 is 6.18 Å². The highest BCUT2D eigenvalue weighted by molar-refractivity contribution is 6.06. The number of likely N-dealkylation sites (N-methyl/N-ethyl adjacent to an activating group) is 1. The summed E-state index contributed by atoms with van der Waals surface area (Å²) in [5.41, 5.74) is 3.18. The maximum atomic E-state index is 14.0. The number of nitrogens with zero attached hydrogens (tertiary/aromatic N) is 3. The molecule has 2 aromatic carbocycles. The molecule has 0 saturated carbocycles. The van der Waals surface area contributed by atoms with E-state index in [-0.39, 0.29) is 29.9 Å². The van der Waals surface area contributed by atoms with Gasteiger partial charge in [0, 0.05) is 66.2 Å². The van der Waals surface area contributed by atoms with Crippen LogP contribution in [0.2, 0.25) is 0 Å². The standard InChI is InChI=1S/C32H34F3N5O2/c1-19-5-8-25(15-27(19)29(41)13-21-12-24-11-20(2)37-30(24)36-16-21)38-31(42)22-6-7-23(28(14-22)32(33,34)35)17-40-10-9-26(18-40)39(3)4/h5-8,11-12,14-16,26H,9-10,13,17-18H2,1-4H3,(H,36,37)(H,38,42). The normalized spacial score (nSPS) is 16.0. The van der Waals surface area contributed by atoms with E-state index in [2.05, 4.69) is 20.2 Å². The molecule has 0 bridgehead atoms. The number of aromatic nitrogens is 2. The molecule has 0 spiro atoms. The quantitative estimate of drug-likeness (QED) is 0.251. The predicted molar refractivity (Wildman–Crippen MR) is 157 cm³/mol. The average molecular weight is 578 g/mol. The number of alkyl halides is 3. The Kier molecular flexibility index (Phi) is 8.21.